The van der Waals surface area contributed by atoms with E-state index in [2.05, 4.69) is 0 Å². The van der Waals surface area contributed by atoms with Gasteiger partial charge in [-0.25, -0.2) is 0 Å². The van der Waals surface area contributed by atoms with Crippen LogP contribution < -0.4 is 0 Å². The molecule has 3 nitrogen and oxygen atoms in total. The van der Waals surface area contributed by atoms with Gasteiger partial charge in [0.25, 0.3) is 5.91 Å². The summed E-state index contributed by atoms with van der Waals surface area (Å²) >= 11 is 0. The van der Waals surface area contributed by atoms with Gasteiger partial charge in [0.15, 0.2) is 0 Å². The smallest absolute Gasteiger partial charge is 0.254 e. The number of likely N-dealkylation sites (tertiary alicyclic amines) is 1. The molecule has 2 heterocycles. The molecule has 1 atom stereocenters. The van der Waals surface area contributed by atoms with Crippen molar-refractivity contribution in [3.8, 4) is 0 Å². The van der Waals surface area contributed by atoms with Crippen LogP contribution in [0.3, 0.4) is 0 Å². The molecule has 0 aromatic heterocycles. The largest absolute Gasteiger partial charge is 0.365 e. The van der Waals surface area contributed by atoms with Crippen LogP contribution in [0.15, 0.2) is 0 Å². The first-order valence-electron chi connectivity index (χ1n) is 6.16. The second-order valence-corrected chi connectivity index (χ2v) is 4.89. The first kappa shape index (κ1) is 10.9. The lowest BCUT2D eigenvalue weighted by atomic mass is 10.0. The fraction of sp³-hybridized carbons (Fsp3) is 0.917. The molecule has 0 aliphatic carbocycles. The van der Waals surface area contributed by atoms with Crippen LogP contribution in [-0.4, -0.2) is 36.1 Å². The van der Waals surface area contributed by atoms with Crippen molar-refractivity contribution < 1.29 is 9.53 Å². The molecule has 0 radical (unpaired) electrons. The third-order valence-corrected chi connectivity index (χ3v) is 3.56. The monoisotopic (exact) mass is 211 g/mol. The molecule has 0 spiro atoms. The minimum Gasteiger partial charge on any atom is -0.365 e. The van der Waals surface area contributed by atoms with E-state index < -0.39 is 5.60 Å². The predicted molar refractivity (Wildman–Crippen MR) is 58.6 cm³/mol. The summed E-state index contributed by atoms with van der Waals surface area (Å²) in [4.78, 5) is 14.3. The third-order valence-electron chi connectivity index (χ3n) is 3.56. The number of ether oxygens (including phenoxy) is 1. The lowest BCUT2D eigenvalue weighted by Gasteiger charge is -2.30. The first-order valence-corrected chi connectivity index (χ1v) is 6.16. The highest BCUT2D eigenvalue weighted by Gasteiger charge is 2.40. The summed E-state index contributed by atoms with van der Waals surface area (Å²) in [6.07, 6.45) is 6.75. The van der Waals surface area contributed by atoms with Gasteiger partial charge in [0.05, 0.1) is 0 Å². The number of hydrogen-bond donors (Lipinski definition) is 0. The Morgan fingerprint density at radius 3 is 2.33 bits per heavy atom. The normalized spacial score (nSPS) is 32.7. The van der Waals surface area contributed by atoms with E-state index in [0.29, 0.717) is 0 Å². The molecule has 86 valence electrons. The van der Waals surface area contributed by atoms with Crippen LogP contribution in [-0.2, 0) is 9.53 Å². The Hall–Kier alpha value is -0.570. The average Bonchev–Trinajstić information content (AvgIpc) is 2.54. The van der Waals surface area contributed by atoms with Gasteiger partial charge in [-0.05, 0) is 32.6 Å². The van der Waals surface area contributed by atoms with Crippen molar-refractivity contribution in [3.05, 3.63) is 0 Å². The summed E-state index contributed by atoms with van der Waals surface area (Å²) in [5.74, 6) is 0.224. The number of amides is 1. The minimum absolute atomic E-state index is 0.224. The maximum absolute atomic E-state index is 12.3. The molecule has 1 amide bonds. The SMILES string of the molecule is CC1(C(=O)N2CCCCCC2)CCCO1. The van der Waals surface area contributed by atoms with E-state index in [1.807, 2.05) is 11.8 Å². The van der Waals surface area contributed by atoms with Gasteiger partial charge in [0.2, 0.25) is 0 Å². The fourth-order valence-electron chi connectivity index (χ4n) is 2.56. The quantitative estimate of drug-likeness (QED) is 0.663. The molecule has 0 N–H and O–H groups in total. The highest BCUT2D eigenvalue weighted by Crippen LogP contribution is 2.28. The van der Waals surface area contributed by atoms with Crippen molar-refractivity contribution in [2.24, 2.45) is 0 Å². The number of carbonyl (C=O) groups excluding carboxylic acids is 1. The molecule has 2 fully saturated rings. The molecule has 2 aliphatic heterocycles. The Morgan fingerprint density at radius 1 is 1.13 bits per heavy atom. The summed E-state index contributed by atoms with van der Waals surface area (Å²) < 4.78 is 5.61. The lowest BCUT2D eigenvalue weighted by molar-refractivity contribution is -0.150. The zero-order chi connectivity index (χ0) is 10.7. The second kappa shape index (κ2) is 4.52. The molecule has 15 heavy (non-hydrogen) atoms. The van der Waals surface area contributed by atoms with Gasteiger partial charge in [-0.2, -0.15) is 0 Å². The molecule has 1 unspecified atom stereocenters. The first-order chi connectivity index (χ1) is 7.22. The lowest BCUT2D eigenvalue weighted by Crippen LogP contribution is -2.47. The molecular formula is C12H21NO2. The van der Waals surface area contributed by atoms with Gasteiger partial charge in [0.1, 0.15) is 5.60 Å². The second-order valence-electron chi connectivity index (χ2n) is 4.89. The van der Waals surface area contributed by atoms with Crippen LogP contribution in [0.4, 0.5) is 0 Å². The Labute approximate surface area is 91.8 Å². The summed E-state index contributed by atoms with van der Waals surface area (Å²) in [6.45, 7) is 4.55. The van der Waals surface area contributed by atoms with Crippen LogP contribution >= 0.6 is 0 Å². The van der Waals surface area contributed by atoms with Crippen molar-refractivity contribution in [2.45, 2.75) is 51.0 Å². The molecular weight excluding hydrogens is 190 g/mol. The summed E-state index contributed by atoms with van der Waals surface area (Å²) in [5, 5.41) is 0. The van der Waals surface area contributed by atoms with Crippen molar-refractivity contribution in [1.29, 1.82) is 0 Å². The molecule has 0 bridgehead atoms. The molecule has 0 saturated carbocycles. The van der Waals surface area contributed by atoms with Crippen LogP contribution in [0.5, 0.6) is 0 Å². The summed E-state index contributed by atoms with van der Waals surface area (Å²) in [6, 6.07) is 0. The van der Waals surface area contributed by atoms with E-state index in [4.69, 9.17) is 4.74 Å². The maximum atomic E-state index is 12.3. The number of nitrogens with zero attached hydrogens (tertiary/aromatic N) is 1. The van der Waals surface area contributed by atoms with E-state index in [0.717, 1.165) is 45.4 Å². The van der Waals surface area contributed by atoms with Crippen LogP contribution in [0.25, 0.3) is 0 Å². The molecule has 2 aliphatic rings. The summed E-state index contributed by atoms with van der Waals surface area (Å²) in [7, 11) is 0. The Bertz CT molecular complexity index is 226. The minimum atomic E-state index is -0.510. The van der Waals surface area contributed by atoms with Gasteiger partial charge < -0.3 is 9.64 Å². The molecule has 3 heteroatoms. The van der Waals surface area contributed by atoms with Gasteiger partial charge >= 0.3 is 0 Å². The average molecular weight is 211 g/mol. The molecule has 2 saturated heterocycles. The van der Waals surface area contributed by atoms with Crippen LogP contribution in [0, 0.1) is 0 Å². The molecule has 0 aromatic rings. The molecule has 2 rings (SSSR count). The maximum Gasteiger partial charge on any atom is 0.254 e. The zero-order valence-electron chi connectivity index (χ0n) is 9.63. The van der Waals surface area contributed by atoms with Crippen molar-refractivity contribution in [2.75, 3.05) is 19.7 Å². The van der Waals surface area contributed by atoms with Gasteiger partial charge in [-0.15, -0.1) is 0 Å². The van der Waals surface area contributed by atoms with E-state index in [1.165, 1.54) is 12.8 Å². The number of rotatable bonds is 1. The van der Waals surface area contributed by atoms with Crippen LogP contribution in [0.2, 0.25) is 0 Å². The van der Waals surface area contributed by atoms with E-state index in [1.54, 1.807) is 0 Å². The highest BCUT2D eigenvalue weighted by molar-refractivity contribution is 5.85. The Balaban J connectivity index is 1.98. The Morgan fingerprint density at radius 2 is 1.80 bits per heavy atom. The number of hydrogen-bond acceptors (Lipinski definition) is 2. The number of carbonyl (C=O) groups is 1. The molecule has 0 aromatic carbocycles. The standard InChI is InChI=1S/C12H21NO2/c1-12(7-6-10-15-12)11(14)13-8-4-2-3-5-9-13/h2-10H2,1H3. The summed E-state index contributed by atoms with van der Waals surface area (Å²) in [5.41, 5.74) is -0.510. The highest BCUT2D eigenvalue weighted by atomic mass is 16.5. The van der Waals surface area contributed by atoms with E-state index in [-0.39, 0.29) is 5.91 Å². The van der Waals surface area contributed by atoms with Gasteiger partial charge in [0, 0.05) is 19.7 Å². The fourth-order valence-corrected chi connectivity index (χ4v) is 2.56. The Kier molecular flexibility index (Phi) is 3.29. The van der Waals surface area contributed by atoms with Crippen LogP contribution in [0.1, 0.15) is 45.4 Å². The zero-order valence-corrected chi connectivity index (χ0v) is 9.63. The van der Waals surface area contributed by atoms with Crippen molar-refractivity contribution in [1.82, 2.24) is 4.90 Å². The van der Waals surface area contributed by atoms with Gasteiger partial charge in [-0.1, -0.05) is 12.8 Å². The topological polar surface area (TPSA) is 29.5 Å². The van der Waals surface area contributed by atoms with E-state index in [9.17, 15) is 4.79 Å². The van der Waals surface area contributed by atoms with Gasteiger partial charge in [-0.3, -0.25) is 4.79 Å². The van der Waals surface area contributed by atoms with Crippen molar-refractivity contribution in [3.63, 3.8) is 0 Å². The third kappa shape index (κ3) is 2.33. The predicted octanol–water partition coefficient (Wildman–Crippen LogP) is 1.96. The van der Waals surface area contributed by atoms with Crippen molar-refractivity contribution >= 4 is 5.91 Å². The van der Waals surface area contributed by atoms with E-state index >= 15 is 0 Å².